The number of carbonyl (C=O) groups is 1. The number of hydrogen-bond donors (Lipinski definition) is 1. The Hall–Kier alpha value is -1.08. The van der Waals surface area contributed by atoms with Gasteiger partial charge in [-0.15, -0.1) is 0 Å². The molecule has 0 aromatic rings. The number of nitriles is 1. The van der Waals surface area contributed by atoms with E-state index in [1.165, 1.54) is 0 Å². The van der Waals surface area contributed by atoms with Gasteiger partial charge in [-0.05, 0) is 13.3 Å². The van der Waals surface area contributed by atoms with Crippen LogP contribution in [0.5, 0.6) is 0 Å². The molecular weight excluding hydrogens is 156 g/mol. The molecule has 2 atom stereocenters. The summed E-state index contributed by atoms with van der Waals surface area (Å²) in [5, 5.41) is 11.3. The van der Waals surface area contributed by atoms with Crippen LogP contribution < -0.4 is 5.32 Å². The third-order valence-corrected chi connectivity index (χ3v) is 1.86. The summed E-state index contributed by atoms with van der Waals surface area (Å²) in [6.07, 6.45) is 0.635. The minimum Gasteiger partial charge on any atom is -0.357 e. The van der Waals surface area contributed by atoms with Gasteiger partial charge in [-0.2, -0.15) is 5.26 Å². The van der Waals surface area contributed by atoms with E-state index in [-0.39, 0.29) is 11.8 Å². The molecule has 1 N–H and O–H groups in total. The third kappa shape index (κ3) is 1.95. The van der Waals surface area contributed by atoms with Crippen LogP contribution in [0.1, 0.15) is 19.8 Å². The molecule has 1 rings (SSSR count). The average Bonchev–Trinajstić information content (AvgIpc) is 2.05. The lowest BCUT2D eigenvalue weighted by Gasteiger charge is -2.27. The van der Waals surface area contributed by atoms with Gasteiger partial charge < -0.3 is 10.1 Å². The van der Waals surface area contributed by atoms with Crippen molar-refractivity contribution in [2.75, 3.05) is 6.61 Å². The van der Waals surface area contributed by atoms with Crippen LogP contribution in [0.4, 0.5) is 0 Å². The summed E-state index contributed by atoms with van der Waals surface area (Å²) in [5.74, 6) is -0.220. The lowest BCUT2D eigenvalue weighted by atomic mass is 9.99. The molecule has 66 valence electrons. The molecule has 0 bridgehead atoms. The molecule has 1 amide bonds. The first-order valence-corrected chi connectivity index (χ1v) is 4.08. The molecule has 4 nitrogen and oxygen atoms in total. The SMILES string of the molecule is CCOC1NC(=O)CCC1C#N. The van der Waals surface area contributed by atoms with Crippen molar-refractivity contribution in [2.45, 2.75) is 26.0 Å². The van der Waals surface area contributed by atoms with Gasteiger partial charge in [0.25, 0.3) is 0 Å². The zero-order valence-electron chi connectivity index (χ0n) is 7.04. The van der Waals surface area contributed by atoms with Gasteiger partial charge in [-0.3, -0.25) is 4.79 Å². The standard InChI is InChI=1S/C8H12N2O2/c1-2-12-8-6(5-9)3-4-7(11)10-8/h6,8H,2-4H2,1H3,(H,10,11). The number of piperidine rings is 1. The van der Waals surface area contributed by atoms with E-state index >= 15 is 0 Å². The monoisotopic (exact) mass is 168 g/mol. The third-order valence-electron chi connectivity index (χ3n) is 1.86. The van der Waals surface area contributed by atoms with Crippen molar-refractivity contribution in [3.05, 3.63) is 0 Å². The minimum absolute atomic E-state index is 0.0278. The van der Waals surface area contributed by atoms with E-state index in [4.69, 9.17) is 10.00 Å². The van der Waals surface area contributed by atoms with Crippen LogP contribution in [-0.4, -0.2) is 18.7 Å². The molecule has 2 unspecified atom stereocenters. The predicted molar refractivity (Wildman–Crippen MR) is 41.9 cm³/mol. The van der Waals surface area contributed by atoms with E-state index in [9.17, 15) is 4.79 Å². The normalized spacial score (nSPS) is 29.2. The maximum absolute atomic E-state index is 10.9. The van der Waals surface area contributed by atoms with E-state index in [2.05, 4.69) is 11.4 Å². The first-order valence-electron chi connectivity index (χ1n) is 4.08. The van der Waals surface area contributed by atoms with Crippen molar-refractivity contribution in [1.29, 1.82) is 5.26 Å². The predicted octanol–water partition coefficient (Wildman–Crippen LogP) is 0.399. The molecule has 0 radical (unpaired) electrons. The Morgan fingerprint density at radius 1 is 1.83 bits per heavy atom. The number of hydrogen-bond acceptors (Lipinski definition) is 3. The van der Waals surface area contributed by atoms with Crippen molar-refractivity contribution < 1.29 is 9.53 Å². The molecule has 12 heavy (non-hydrogen) atoms. The van der Waals surface area contributed by atoms with Gasteiger partial charge in [-0.1, -0.05) is 0 Å². The van der Waals surface area contributed by atoms with Crippen molar-refractivity contribution in [3.63, 3.8) is 0 Å². The number of carbonyl (C=O) groups excluding carboxylic acids is 1. The van der Waals surface area contributed by atoms with Crippen molar-refractivity contribution in [3.8, 4) is 6.07 Å². The molecule has 0 aliphatic carbocycles. The first kappa shape index (κ1) is 9.01. The van der Waals surface area contributed by atoms with E-state index < -0.39 is 6.23 Å². The molecule has 1 fully saturated rings. The van der Waals surface area contributed by atoms with Gasteiger partial charge in [-0.25, -0.2) is 0 Å². The first-order chi connectivity index (χ1) is 5.77. The van der Waals surface area contributed by atoms with Crippen LogP contribution >= 0.6 is 0 Å². The van der Waals surface area contributed by atoms with Gasteiger partial charge in [0.15, 0.2) is 0 Å². The van der Waals surface area contributed by atoms with E-state index in [1.54, 1.807) is 0 Å². The highest BCUT2D eigenvalue weighted by molar-refractivity contribution is 5.77. The Kier molecular flexibility index (Phi) is 3.06. The van der Waals surface area contributed by atoms with Crippen molar-refractivity contribution >= 4 is 5.91 Å². The van der Waals surface area contributed by atoms with E-state index in [1.807, 2.05) is 6.92 Å². The molecule has 1 aliphatic rings. The highest BCUT2D eigenvalue weighted by Crippen LogP contribution is 2.16. The average molecular weight is 168 g/mol. The molecule has 4 heteroatoms. The van der Waals surface area contributed by atoms with E-state index in [0.29, 0.717) is 19.4 Å². The molecule has 0 saturated carbocycles. The molecule has 0 aromatic carbocycles. The van der Waals surface area contributed by atoms with Crippen LogP contribution in [0.25, 0.3) is 0 Å². The fourth-order valence-electron chi connectivity index (χ4n) is 1.24. The molecular formula is C8H12N2O2. The summed E-state index contributed by atoms with van der Waals surface area (Å²) in [6, 6.07) is 2.12. The van der Waals surface area contributed by atoms with Gasteiger partial charge in [0.1, 0.15) is 6.23 Å². The fourth-order valence-corrected chi connectivity index (χ4v) is 1.24. The van der Waals surface area contributed by atoms with Gasteiger partial charge in [0.05, 0.1) is 12.0 Å². The lowest BCUT2D eigenvalue weighted by Crippen LogP contribution is -2.46. The van der Waals surface area contributed by atoms with Gasteiger partial charge in [0, 0.05) is 13.0 Å². The largest absolute Gasteiger partial charge is 0.357 e. The maximum atomic E-state index is 10.9. The van der Waals surface area contributed by atoms with Gasteiger partial charge in [0.2, 0.25) is 5.91 Å². The Bertz CT molecular complexity index is 210. The minimum atomic E-state index is -0.402. The number of nitrogens with one attached hydrogen (secondary N) is 1. The Balaban J connectivity index is 2.53. The number of amides is 1. The lowest BCUT2D eigenvalue weighted by molar-refractivity contribution is -0.130. The van der Waals surface area contributed by atoms with Crippen LogP contribution in [-0.2, 0) is 9.53 Å². The summed E-state index contributed by atoms with van der Waals surface area (Å²) in [6.45, 7) is 2.36. The van der Waals surface area contributed by atoms with Crippen molar-refractivity contribution in [1.82, 2.24) is 5.32 Å². The summed E-state index contributed by atoms with van der Waals surface area (Å²) in [7, 11) is 0. The molecule has 1 saturated heterocycles. The Morgan fingerprint density at radius 2 is 2.58 bits per heavy atom. The second kappa shape index (κ2) is 4.07. The smallest absolute Gasteiger partial charge is 0.222 e. The maximum Gasteiger partial charge on any atom is 0.222 e. The second-order valence-corrected chi connectivity index (χ2v) is 2.72. The quantitative estimate of drug-likeness (QED) is 0.649. The van der Waals surface area contributed by atoms with Crippen molar-refractivity contribution in [2.24, 2.45) is 5.92 Å². The zero-order valence-corrected chi connectivity index (χ0v) is 7.04. The summed E-state index contributed by atoms with van der Waals surface area (Å²) in [5.41, 5.74) is 0. The summed E-state index contributed by atoms with van der Waals surface area (Å²) in [4.78, 5) is 10.9. The van der Waals surface area contributed by atoms with Crippen LogP contribution in [0.15, 0.2) is 0 Å². The number of ether oxygens (including phenoxy) is 1. The van der Waals surface area contributed by atoms with Gasteiger partial charge >= 0.3 is 0 Å². The Labute approximate surface area is 71.5 Å². The number of rotatable bonds is 2. The van der Waals surface area contributed by atoms with Crippen LogP contribution in [0.2, 0.25) is 0 Å². The molecule has 1 heterocycles. The second-order valence-electron chi connectivity index (χ2n) is 2.72. The summed E-state index contributed by atoms with van der Waals surface area (Å²) < 4.78 is 5.20. The highest BCUT2D eigenvalue weighted by atomic mass is 16.5. The fraction of sp³-hybridized carbons (Fsp3) is 0.750. The zero-order chi connectivity index (χ0) is 8.97. The molecule has 1 aliphatic heterocycles. The van der Waals surface area contributed by atoms with Crippen LogP contribution in [0.3, 0.4) is 0 Å². The number of nitrogens with zero attached hydrogens (tertiary/aromatic N) is 1. The topological polar surface area (TPSA) is 62.1 Å². The molecule has 0 spiro atoms. The van der Waals surface area contributed by atoms with Crippen LogP contribution in [0, 0.1) is 17.2 Å². The molecule has 0 aromatic heterocycles. The van der Waals surface area contributed by atoms with E-state index in [0.717, 1.165) is 0 Å². The summed E-state index contributed by atoms with van der Waals surface area (Å²) >= 11 is 0. The Morgan fingerprint density at radius 3 is 3.17 bits per heavy atom. The highest BCUT2D eigenvalue weighted by Gasteiger charge is 2.28.